The average Bonchev–Trinajstić information content (AvgIpc) is 2.90. The van der Waals surface area contributed by atoms with E-state index in [1.807, 2.05) is 24.3 Å². The lowest BCUT2D eigenvalue weighted by molar-refractivity contribution is -0.138. The number of benzene rings is 1. The van der Waals surface area contributed by atoms with Crippen molar-refractivity contribution in [2.24, 2.45) is 0 Å². The van der Waals surface area contributed by atoms with Gasteiger partial charge in [-0.2, -0.15) is 0 Å². The molecular formula is C16H18BrNO4. The summed E-state index contributed by atoms with van der Waals surface area (Å²) in [7, 11) is 0. The number of carbonyl (C=O) groups is 2. The standard InChI is InChI=1S/C16H18BrNO4/c1-2-9-22-15(21)18-8-7-16(11-18,10-14(19)20)12-3-5-13(17)6-4-12/h2-6H,1,7-11H2,(H,19,20). The molecule has 2 rings (SSSR count). The lowest BCUT2D eigenvalue weighted by atomic mass is 9.77. The monoisotopic (exact) mass is 367 g/mol. The molecule has 22 heavy (non-hydrogen) atoms. The van der Waals surface area contributed by atoms with Crippen LogP contribution in [0, 0.1) is 0 Å². The highest BCUT2D eigenvalue weighted by molar-refractivity contribution is 9.10. The highest BCUT2D eigenvalue weighted by atomic mass is 79.9. The fourth-order valence-electron chi connectivity index (χ4n) is 2.82. The third-order valence-electron chi connectivity index (χ3n) is 3.88. The zero-order valence-corrected chi connectivity index (χ0v) is 13.7. The van der Waals surface area contributed by atoms with Gasteiger partial charge in [-0.05, 0) is 24.1 Å². The zero-order chi connectivity index (χ0) is 16.2. The van der Waals surface area contributed by atoms with E-state index in [0.29, 0.717) is 19.5 Å². The maximum Gasteiger partial charge on any atom is 0.410 e. The van der Waals surface area contributed by atoms with Gasteiger partial charge in [-0.15, -0.1) is 0 Å². The number of amides is 1. The Balaban J connectivity index is 2.21. The predicted octanol–water partition coefficient (Wildman–Crippen LogP) is 3.19. The van der Waals surface area contributed by atoms with E-state index in [2.05, 4.69) is 22.5 Å². The van der Waals surface area contributed by atoms with Crippen LogP contribution in [0.15, 0.2) is 41.4 Å². The second-order valence-electron chi connectivity index (χ2n) is 5.39. The third-order valence-corrected chi connectivity index (χ3v) is 4.41. The molecule has 5 nitrogen and oxygen atoms in total. The molecule has 0 aliphatic carbocycles. The van der Waals surface area contributed by atoms with Gasteiger partial charge in [0.05, 0.1) is 6.42 Å². The number of hydrogen-bond donors (Lipinski definition) is 1. The van der Waals surface area contributed by atoms with Crippen LogP contribution in [0.25, 0.3) is 0 Å². The van der Waals surface area contributed by atoms with Crippen LogP contribution in [0.5, 0.6) is 0 Å². The fraction of sp³-hybridized carbons (Fsp3) is 0.375. The molecule has 1 N–H and O–H groups in total. The number of carbonyl (C=O) groups excluding carboxylic acids is 1. The van der Waals surface area contributed by atoms with E-state index in [-0.39, 0.29) is 13.0 Å². The molecule has 0 saturated carbocycles. The molecule has 6 heteroatoms. The van der Waals surface area contributed by atoms with Gasteiger partial charge in [-0.25, -0.2) is 4.79 Å². The second-order valence-corrected chi connectivity index (χ2v) is 6.31. The number of rotatable bonds is 5. The number of carboxylic acids is 1. The van der Waals surface area contributed by atoms with Crippen LogP contribution in [-0.2, 0) is 14.9 Å². The van der Waals surface area contributed by atoms with Gasteiger partial charge in [0.2, 0.25) is 0 Å². The highest BCUT2D eigenvalue weighted by Crippen LogP contribution is 2.38. The topological polar surface area (TPSA) is 66.8 Å². The first kappa shape index (κ1) is 16.5. The summed E-state index contributed by atoms with van der Waals surface area (Å²) in [6.07, 6.45) is 1.67. The van der Waals surface area contributed by atoms with Crippen molar-refractivity contribution in [1.82, 2.24) is 4.90 Å². The van der Waals surface area contributed by atoms with Crippen molar-refractivity contribution < 1.29 is 19.4 Å². The third kappa shape index (κ3) is 3.68. The quantitative estimate of drug-likeness (QED) is 0.811. The molecule has 1 fully saturated rings. The first-order valence-electron chi connectivity index (χ1n) is 6.97. The first-order chi connectivity index (χ1) is 10.5. The van der Waals surface area contributed by atoms with E-state index < -0.39 is 17.5 Å². The molecule has 118 valence electrons. The summed E-state index contributed by atoms with van der Waals surface area (Å²) >= 11 is 3.38. The predicted molar refractivity (Wildman–Crippen MR) is 85.8 cm³/mol. The Morgan fingerprint density at radius 1 is 1.41 bits per heavy atom. The van der Waals surface area contributed by atoms with Gasteiger partial charge in [-0.3, -0.25) is 4.79 Å². The SMILES string of the molecule is C=CCOC(=O)N1CCC(CC(=O)O)(c2ccc(Br)cc2)C1. The Labute approximate surface area is 137 Å². The molecule has 1 unspecified atom stereocenters. The van der Waals surface area contributed by atoms with Crippen molar-refractivity contribution >= 4 is 28.0 Å². The van der Waals surface area contributed by atoms with Crippen molar-refractivity contribution in [2.45, 2.75) is 18.3 Å². The molecule has 1 atom stereocenters. The van der Waals surface area contributed by atoms with Crippen molar-refractivity contribution in [3.63, 3.8) is 0 Å². The zero-order valence-electron chi connectivity index (χ0n) is 12.1. The molecule has 1 saturated heterocycles. The van der Waals surface area contributed by atoms with Crippen LogP contribution < -0.4 is 0 Å². The van der Waals surface area contributed by atoms with Crippen LogP contribution >= 0.6 is 15.9 Å². The largest absolute Gasteiger partial charge is 0.481 e. The number of aliphatic carboxylic acids is 1. The van der Waals surface area contributed by atoms with Crippen molar-refractivity contribution in [1.29, 1.82) is 0 Å². The smallest absolute Gasteiger partial charge is 0.410 e. The Morgan fingerprint density at radius 3 is 2.68 bits per heavy atom. The number of halogens is 1. The molecule has 1 heterocycles. The first-order valence-corrected chi connectivity index (χ1v) is 7.76. The van der Waals surface area contributed by atoms with Crippen LogP contribution in [0.4, 0.5) is 4.79 Å². The van der Waals surface area contributed by atoms with Crippen molar-refractivity contribution in [2.75, 3.05) is 19.7 Å². The van der Waals surface area contributed by atoms with Crippen molar-refractivity contribution in [3.8, 4) is 0 Å². The van der Waals surface area contributed by atoms with E-state index in [9.17, 15) is 14.7 Å². The fourth-order valence-corrected chi connectivity index (χ4v) is 3.09. The van der Waals surface area contributed by atoms with Gasteiger partial charge in [0.25, 0.3) is 0 Å². The van der Waals surface area contributed by atoms with Gasteiger partial charge in [0.15, 0.2) is 0 Å². The second kappa shape index (κ2) is 6.96. The Bertz CT molecular complexity index is 572. The number of hydrogen-bond acceptors (Lipinski definition) is 3. The van der Waals surface area contributed by atoms with Crippen LogP contribution in [0.2, 0.25) is 0 Å². The number of likely N-dealkylation sites (tertiary alicyclic amines) is 1. The molecule has 0 radical (unpaired) electrons. The van der Waals surface area contributed by atoms with E-state index >= 15 is 0 Å². The maximum atomic E-state index is 12.0. The summed E-state index contributed by atoms with van der Waals surface area (Å²) in [5.74, 6) is -0.871. The molecule has 1 aliphatic rings. The summed E-state index contributed by atoms with van der Waals surface area (Å²) in [4.78, 5) is 24.8. The number of carboxylic acid groups (broad SMARTS) is 1. The summed E-state index contributed by atoms with van der Waals surface area (Å²) in [6.45, 7) is 4.49. The van der Waals surface area contributed by atoms with Crippen LogP contribution in [-0.4, -0.2) is 41.8 Å². The van der Waals surface area contributed by atoms with E-state index in [4.69, 9.17) is 4.74 Å². The Hall–Kier alpha value is -1.82. The molecule has 0 aromatic heterocycles. The van der Waals surface area contributed by atoms with E-state index in [0.717, 1.165) is 10.0 Å². The molecule has 1 aliphatic heterocycles. The lowest BCUT2D eigenvalue weighted by Crippen LogP contribution is -2.36. The highest BCUT2D eigenvalue weighted by Gasteiger charge is 2.43. The van der Waals surface area contributed by atoms with Gasteiger partial charge in [0.1, 0.15) is 6.61 Å². The van der Waals surface area contributed by atoms with Gasteiger partial charge in [-0.1, -0.05) is 40.7 Å². The maximum absolute atomic E-state index is 12.0. The van der Waals surface area contributed by atoms with Gasteiger partial charge in [0, 0.05) is 23.0 Å². The van der Waals surface area contributed by atoms with Crippen LogP contribution in [0.1, 0.15) is 18.4 Å². The minimum absolute atomic E-state index is 0.0140. The Morgan fingerprint density at radius 2 is 2.09 bits per heavy atom. The summed E-state index contributed by atoms with van der Waals surface area (Å²) in [6, 6.07) is 7.59. The average molecular weight is 368 g/mol. The van der Waals surface area contributed by atoms with Gasteiger partial charge >= 0.3 is 12.1 Å². The van der Waals surface area contributed by atoms with E-state index in [1.165, 1.54) is 6.08 Å². The molecule has 1 aromatic rings. The number of ether oxygens (including phenoxy) is 1. The molecule has 1 amide bonds. The lowest BCUT2D eigenvalue weighted by Gasteiger charge is -2.28. The Kier molecular flexibility index (Phi) is 5.24. The summed E-state index contributed by atoms with van der Waals surface area (Å²) in [5.41, 5.74) is 0.358. The van der Waals surface area contributed by atoms with E-state index in [1.54, 1.807) is 4.90 Å². The van der Waals surface area contributed by atoms with Crippen molar-refractivity contribution in [3.05, 3.63) is 47.0 Å². The summed E-state index contributed by atoms with van der Waals surface area (Å²) < 4.78 is 5.97. The normalized spacial score (nSPS) is 20.7. The molecule has 1 aromatic carbocycles. The van der Waals surface area contributed by atoms with Gasteiger partial charge < -0.3 is 14.7 Å². The minimum Gasteiger partial charge on any atom is -0.481 e. The molecule has 0 bridgehead atoms. The molecular weight excluding hydrogens is 350 g/mol. The number of nitrogens with zero attached hydrogens (tertiary/aromatic N) is 1. The summed E-state index contributed by atoms with van der Waals surface area (Å²) in [5, 5.41) is 9.26. The van der Waals surface area contributed by atoms with Crippen LogP contribution in [0.3, 0.4) is 0 Å². The molecule has 0 spiro atoms. The minimum atomic E-state index is -0.871.